The number of rotatable bonds is 5. The topological polar surface area (TPSA) is 73.1 Å². The molecule has 7 heteroatoms. The number of carbonyl (C=O) groups excluding carboxylic acids is 1. The van der Waals surface area contributed by atoms with Crippen molar-refractivity contribution in [3.63, 3.8) is 0 Å². The number of benzene rings is 3. The van der Waals surface area contributed by atoms with Crippen LogP contribution < -0.4 is 16.6 Å². The van der Waals surface area contributed by atoms with E-state index in [1.807, 2.05) is 50.2 Å². The van der Waals surface area contributed by atoms with Crippen molar-refractivity contribution >= 4 is 28.4 Å². The van der Waals surface area contributed by atoms with E-state index in [0.29, 0.717) is 10.9 Å². The number of carbonyl (C=O) groups is 1. The third-order valence-electron chi connectivity index (χ3n) is 5.37. The molecule has 6 nitrogen and oxygen atoms in total. The summed E-state index contributed by atoms with van der Waals surface area (Å²) in [5, 5.41) is 3.53. The SMILES string of the molecule is Cc1ccc2c(c1)c(=O)n(-c1ccccc1Cl)c(=O)n2CC(=O)N[C@@H](C)c1ccccc1. The fourth-order valence-corrected chi connectivity index (χ4v) is 3.96. The van der Waals surface area contributed by atoms with E-state index in [1.165, 1.54) is 4.57 Å². The highest BCUT2D eigenvalue weighted by Crippen LogP contribution is 2.19. The highest BCUT2D eigenvalue weighted by atomic mass is 35.5. The van der Waals surface area contributed by atoms with Gasteiger partial charge in [0.25, 0.3) is 5.56 Å². The first-order chi connectivity index (χ1) is 15.4. The molecule has 0 unspecified atom stereocenters. The van der Waals surface area contributed by atoms with Crippen LogP contribution in [0.15, 0.2) is 82.4 Å². The smallest absolute Gasteiger partial charge is 0.336 e. The zero-order chi connectivity index (χ0) is 22.8. The van der Waals surface area contributed by atoms with Crippen molar-refractivity contribution in [1.82, 2.24) is 14.5 Å². The number of hydrogen-bond acceptors (Lipinski definition) is 3. The summed E-state index contributed by atoms with van der Waals surface area (Å²) in [7, 11) is 0. The number of aryl methyl sites for hydroxylation is 1. The van der Waals surface area contributed by atoms with Gasteiger partial charge in [-0.1, -0.05) is 65.7 Å². The number of nitrogens with zero attached hydrogens (tertiary/aromatic N) is 2. The third kappa shape index (κ3) is 4.09. The fraction of sp³-hybridized carbons (Fsp3) is 0.160. The molecule has 0 aliphatic rings. The molecular formula is C25H22ClN3O3. The quantitative estimate of drug-likeness (QED) is 0.502. The lowest BCUT2D eigenvalue weighted by atomic mass is 10.1. The van der Waals surface area contributed by atoms with Crippen LogP contribution in [0, 0.1) is 6.92 Å². The lowest BCUT2D eigenvalue weighted by Crippen LogP contribution is -2.42. The van der Waals surface area contributed by atoms with E-state index in [0.717, 1.165) is 15.7 Å². The second-order valence-corrected chi connectivity index (χ2v) is 8.09. The van der Waals surface area contributed by atoms with Crippen molar-refractivity contribution in [2.75, 3.05) is 0 Å². The summed E-state index contributed by atoms with van der Waals surface area (Å²) in [6.07, 6.45) is 0. The normalized spacial score (nSPS) is 12.0. The van der Waals surface area contributed by atoms with Crippen LogP contribution >= 0.6 is 11.6 Å². The van der Waals surface area contributed by atoms with Gasteiger partial charge in [-0.05, 0) is 43.7 Å². The van der Waals surface area contributed by atoms with Crippen LogP contribution in [0.4, 0.5) is 0 Å². The Labute approximate surface area is 189 Å². The van der Waals surface area contributed by atoms with E-state index in [9.17, 15) is 14.4 Å². The molecule has 1 aromatic heterocycles. The minimum absolute atomic E-state index is 0.234. The highest BCUT2D eigenvalue weighted by molar-refractivity contribution is 6.32. The van der Waals surface area contributed by atoms with E-state index in [1.54, 1.807) is 36.4 Å². The number of nitrogens with one attached hydrogen (secondary N) is 1. The summed E-state index contributed by atoms with van der Waals surface area (Å²) >= 11 is 6.29. The van der Waals surface area contributed by atoms with E-state index in [2.05, 4.69) is 5.32 Å². The Morgan fingerprint density at radius 2 is 1.69 bits per heavy atom. The Bertz CT molecular complexity index is 1420. The van der Waals surface area contributed by atoms with Crippen molar-refractivity contribution in [1.29, 1.82) is 0 Å². The summed E-state index contributed by atoms with van der Waals surface area (Å²) in [6.45, 7) is 3.50. The number of hydrogen-bond donors (Lipinski definition) is 1. The van der Waals surface area contributed by atoms with Crippen LogP contribution in [-0.2, 0) is 11.3 Å². The zero-order valence-corrected chi connectivity index (χ0v) is 18.5. The third-order valence-corrected chi connectivity index (χ3v) is 5.69. The molecule has 0 bridgehead atoms. The van der Waals surface area contributed by atoms with Crippen molar-refractivity contribution in [2.45, 2.75) is 26.4 Å². The average molecular weight is 448 g/mol. The van der Waals surface area contributed by atoms with Crippen molar-refractivity contribution in [3.05, 3.63) is 110 Å². The van der Waals surface area contributed by atoms with E-state index in [4.69, 9.17) is 11.6 Å². The molecule has 4 aromatic rings. The Kier molecular flexibility index (Phi) is 5.97. The van der Waals surface area contributed by atoms with Crippen molar-refractivity contribution in [2.24, 2.45) is 0 Å². The maximum atomic E-state index is 13.4. The van der Waals surface area contributed by atoms with Gasteiger partial charge in [0.1, 0.15) is 6.54 Å². The van der Waals surface area contributed by atoms with Gasteiger partial charge in [0, 0.05) is 0 Å². The molecule has 1 atom stereocenters. The predicted molar refractivity (Wildman–Crippen MR) is 127 cm³/mol. The molecule has 0 aliphatic carbocycles. The molecule has 1 amide bonds. The molecule has 0 saturated carbocycles. The summed E-state index contributed by atoms with van der Waals surface area (Å²) in [6, 6.07) is 21.2. The largest absolute Gasteiger partial charge is 0.348 e. The minimum Gasteiger partial charge on any atom is -0.348 e. The van der Waals surface area contributed by atoms with Crippen LogP contribution in [0.2, 0.25) is 5.02 Å². The molecule has 4 rings (SSSR count). The van der Waals surface area contributed by atoms with Crippen LogP contribution in [0.5, 0.6) is 0 Å². The predicted octanol–water partition coefficient (Wildman–Crippen LogP) is 3.99. The van der Waals surface area contributed by atoms with Crippen molar-refractivity contribution in [3.8, 4) is 5.69 Å². The first-order valence-electron chi connectivity index (χ1n) is 10.2. The van der Waals surface area contributed by atoms with Crippen molar-refractivity contribution < 1.29 is 4.79 Å². The number of amides is 1. The number of para-hydroxylation sites is 1. The Hall–Kier alpha value is -3.64. The van der Waals surface area contributed by atoms with E-state index in [-0.39, 0.29) is 29.2 Å². The van der Waals surface area contributed by atoms with Gasteiger partial charge in [-0.25, -0.2) is 9.36 Å². The average Bonchev–Trinajstić information content (AvgIpc) is 2.78. The standard InChI is InChI=1S/C25H22ClN3O3/c1-16-12-13-21-19(14-16)24(31)29(22-11-7-6-10-20(22)26)25(32)28(21)15-23(30)27-17(2)18-8-4-3-5-9-18/h3-14,17H,15H2,1-2H3,(H,27,30)/t17-/m0/s1. The van der Waals surface area contributed by atoms with Crippen LogP contribution in [0.3, 0.4) is 0 Å². The van der Waals surface area contributed by atoms with Gasteiger partial charge in [0.05, 0.1) is 27.7 Å². The number of aromatic nitrogens is 2. The van der Waals surface area contributed by atoms with Gasteiger partial charge in [-0.15, -0.1) is 0 Å². The minimum atomic E-state index is -0.623. The molecule has 32 heavy (non-hydrogen) atoms. The summed E-state index contributed by atoms with van der Waals surface area (Å²) in [4.78, 5) is 39.5. The Morgan fingerprint density at radius 3 is 2.41 bits per heavy atom. The first-order valence-corrected chi connectivity index (χ1v) is 10.6. The molecule has 3 aromatic carbocycles. The van der Waals surface area contributed by atoms with Gasteiger partial charge in [0.2, 0.25) is 5.91 Å². The molecule has 0 radical (unpaired) electrons. The molecule has 0 saturated heterocycles. The Balaban J connectivity index is 1.82. The van der Waals surface area contributed by atoms with Gasteiger partial charge in [-0.2, -0.15) is 0 Å². The van der Waals surface area contributed by atoms with Gasteiger partial charge in [-0.3, -0.25) is 14.2 Å². The molecule has 1 heterocycles. The van der Waals surface area contributed by atoms with Crippen LogP contribution in [0.25, 0.3) is 16.6 Å². The molecule has 0 spiro atoms. The lowest BCUT2D eigenvalue weighted by molar-refractivity contribution is -0.122. The van der Waals surface area contributed by atoms with E-state index >= 15 is 0 Å². The Morgan fingerprint density at radius 1 is 1.00 bits per heavy atom. The maximum Gasteiger partial charge on any atom is 0.336 e. The van der Waals surface area contributed by atoms with Gasteiger partial charge < -0.3 is 5.32 Å². The highest BCUT2D eigenvalue weighted by Gasteiger charge is 2.19. The number of fused-ring (bicyclic) bond motifs is 1. The molecule has 1 N–H and O–H groups in total. The second kappa shape index (κ2) is 8.85. The molecule has 0 fully saturated rings. The summed E-state index contributed by atoms with van der Waals surface area (Å²) in [5.41, 5.74) is 1.40. The second-order valence-electron chi connectivity index (χ2n) is 7.68. The van der Waals surface area contributed by atoms with Gasteiger partial charge in [0.15, 0.2) is 0 Å². The monoisotopic (exact) mass is 447 g/mol. The maximum absolute atomic E-state index is 13.4. The summed E-state index contributed by atoms with van der Waals surface area (Å²) < 4.78 is 2.34. The fourth-order valence-electron chi connectivity index (χ4n) is 3.74. The van der Waals surface area contributed by atoms with Gasteiger partial charge >= 0.3 is 5.69 Å². The lowest BCUT2D eigenvalue weighted by Gasteiger charge is -2.17. The molecular weight excluding hydrogens is 426 g/mol. The zero-order valence-electron chi connectivity index (χ0n) is 17.7. The van der Waals surface area contributed by atoms with E-state index < -0.39 is 11.2 Å². The van der Waals surface area contributed by atoms with Crippen LogP contribution in [0.1, 0.15) is 24.1 Å². The molecule has 0 aliphatic heterocycles. The first kappa shape index (κ1) is 21.6. The van der Waals surface area contributed by atoms with Crippen LogP contribution in [-0.4, -0.2) is 15.0 Å². The number of halogens is 1. The summed E-state index contributed by atoms with van der Waals surface area (Å²) in [5.74, 6) is -0.338. The molecule has 162 valence electrons.